The third-order valence-electron chi connectivity index (χ3n) is 2.94. The third kappa shape index (κ3) is 3.82. The van der Waals surface area contributed by atoms with Crippen molar-refractivity contribution in [3.63, 3.8) is 0 Å². The number of likely N-dealkylation sites (N-methyl/N-ethyl adjacent to an activating group) is 1. The van der Waals surface area contributed by atoms with Crippen molar-refractivity contribution in [1.29, 1.82) is 0 Å². The van der Waals surface area contributed by atoms with Gasteiger partial charge in [0.1, 0.15) is 5.75 Å². The van der Waals surface area contributed by atoms with Gasteiger partial charge in [-0.3, -0.25) is 0 Å². The first-order valence-corrected chi connectivity index (χ1v) is 7.18. The summed E-state index contributed by atoms with van der Waals surface area (Å²) in [7, 11) is 3.78. The van der Waals surface area contributed by atoms with E-state index in [1.54, 1.807) is 7.11 Å². The van der Waals surface area contributed by atoms with Gasteiger partial charge in [0.25, 0.3) is 0 Å². The van der Waals surface area contributed by atoms with Gasteiger partial charge < -0.3 is 15.4 Å². The predicted molar refractivity (Wildman–Crippen MR) is 77.2 cm³/mol. The molecule has 0 radical (unpaired) electrons. The number of nitrogens with zero attached hydrogens (tertiary/aromatic N) is 1. The number of ether oxygens (including phenoxy) is 1. The van der Waals surface area contributed by atoms with Crippen LogP contribution in [0.2, 0.25) is 0 Å². The fourth-order valence-electron chi connectivity index (χ4n) is 1.84. The van der Waals surface area contributed by atoms with Crippen LogP contribution in [0.25, 0.3) is 0 Å². The fourth-order valence-corrected chi connectivity index (χ4v) is 2.35. The lowest BCUT2D eigenvalue weighted by atomic mass is 10.1. The van der Waals surface area contributed by atoms with Crippen LogP contribution in [0.5, 0.6) is 5.75 Å². The Kier molecular flexibility index (Phi) is 6.22. The molecule has 1 atom stereocenters. The number of anilines is 1. The zero-order valence-electron chi connectivity index (χ0n) is 10.8. The van der Waals surface area contributed by atoms with E-state index in [9.17, 15) is 0 Å². The van der Waals surface area contributed by atoms with Crippen molar-refractivity contribution in [1.82, 2.24) is 0 Å². The van der Waals surface area contributed by atoms with Crippen LogP contribution in [0, 0.1) is 0 Å². The molecule has 1 unspecified atom stereocenters. The molecule has 0 fully saturated rings. The number of thioether (sulfide) groups is 1. The molecule has 0 aromatic heterocycles. The maximum atomic E-state index is 5.85. The Hall–Kier alpha value is -0.870. The van der Waals surface area contributed by atoms with E-state index in [1.807, 2.05) is 30.0 Å². The first-order chi connectivity index (χ1) is 8.24. The first-order valence-electron chi connectivity index (χ1n) is 5.79. The van der Waals surface area contributed by atoms with Crippen LogP contribution in [0.15, 0.2) is 24.3 Å². The minimum Gasteiger partial charge on any atom is -0.495 e. The molecule has 0 aliphatic rings. The summed E-state index contributed by atoms with van der Waals surface area (Å²) in [6.07, 6.45) is 3.21. The SMILES string of the molecule is COc1ccccc1N(C)C(CN)CCSC. The summed E-state index contributed by atoms with van der Waals surface area (Å²) in [4.78, 5) is 2.22. The quantitative estimate of drug-likeness (QED) is 0.809. The van der Waals surface area contributed by atoms with Gasteiger partial charge in [-0.05, 0) is 30.6 Å². The van der Waals surface area contributed by atoms with Gasteiger partial charge >= 0.3 is 0 Å². The molecule has 0 spiro atoms. The maximum Gasteiger partial charge on any atom is 0.142 e. The summed E-state index contributed by atoms with van der Waals surface area (Å²) < 4.78 is 5.38. The van der Waals surface area contributed by atoms with Gasteiger partial charge in [-0.2, -0.15) is 11.8 Å². The zero-order valence-corrected chi connectivity index (χ0v) is 11.7. The lowest BCUT2D eigenvalue weighted by Gasteiger charge is -2.30. The normalized spacial score (nSPS) is 12.2. The number of rotatable bonds is 7. The van der Waals surface area contributed by atoms with Crippen LogP contribution >= 0.6 is 11.8 Å². The average Bonchev–Trinajstić information content (AvgIpc) is 2.39. The molecule has 2 N–H and O–H groups in total. The highest BCUT2D eigenvalue weighted by atomic mass is 32.2. The standard InChI is InChI=1S/C13H22N2OS/c1-15(11(10-14)8-9-17-3)12-6-4-5-7-13(12)16-2/h4-7,11H,8-10,14H2,1-3H3. The molecule has 1 rings (SSSR count). The van der Waals surface area contributed by atoms with Crippen molar-refractivity contribution in [3.8, 4) is 5.75 Å². The number of hydrogen-bond donors (Lipinski definition) is 1. The smallest absolute Gasteiger partial charge is 0.142 e. The Morgan fingerprint density at radius 1 is 1.41 bits per heavy atom. The van der Waals surface area contributed by atoms with Crippen molar-refractivity contribution in [2.75, 3.05) is 37.6 Å². The molecule has 96 valence electrons. The molecule has 0 heterocycles. The maximum absolute atomic E-state index is 5.85. The molecular formula is C13H22N2OS. The highest BCUT2D eigenvalue weighted by Crippen LogP contribution is 2.28. The van der Waals surface area contributed by atoms with Gasteiger partial charge in [-0.1, -0.05) is 12.1 Å². The van der Waals surface area contributed by atoms with E-state index in [4.69, 9.17) is 10.5 Å². The zero-order chi connectivity index (χ0) is 12.7. The molecule has 1 aromatic carbocycles. The van der Waals surface area contributed by atoms with Crippen LogP contribution < -0.4 is 15.4 Å². The van der Waals surface area contributed by atoms with Crippen molar-refractivity contribution in [2.45, 2.75) is 12.5 Å². The van der Waals surface area contributed by atoms with Crippen LogP contribution in [-0.4, -0.2) is 38.8 Å². The molecule has 1 aromatic rings. The first kappa shape index (κ1) is 14.2. The van der Waals surface area contributed by atoms with Gasteiger partial charge in [-0.25, -0.2) is 0 Å². The number of benzene rings is 1. The van der Waals surface area contributed by atoms with E-state index in [2.05, 4.69) is 24.3 Å². The Bertz CT molecular complexity index is 333. The Labute approximate surface area is 108 Å². The van der Waals surface area contributed by atoms with E-state index >= 15 is 0 Å². The minimum atomic E-state index is 0.360. The second-order valence-electron chi connectivity index (χ2n) is 3.95. The van der Waals surface area contributed by atoms with Crippen LogP contribution in [-0.2, 0) is 0 Å². The third-order valence-corrected chi connectivity index (χ3v) is 3.58. The van der Waals surface area contributed by atoms with Crippen molar-refractivity contribution < 1.29 is 4.74 Å². The molecular weight excluding hydrogens is 232 g/mol. The summed E-state index contributed by atoms with van der Waals surface area (Å²) in [5.74, 6) is 2.03. The molecule has 0 bridgehead atoms. The van der Waals surface area contributed by atoms with Crippen molar-refractivity contribution >= 4 is 17.4 Å². The highest BCUT2D eigenvalue weighted by Gasteiger charge is 2.16. The highest BCUT2D eigenvalue weighted by molar-refractivity contribution is 7.98. The molecule has 4 heteroatoms. The molecule has 0 aliphatic heterocycles. The summed E-state index contributed by atoms with van der Waals surface area (Å²) in [6, 6.07) is 8.42. The van der Waals surface area contributed by atoms with E-state index in [-0.39, 0.29) is 0 Å². The number of methoxy groups -OCH3 is 1. The van der Waals surface area contributed by atoms with Gasteiger partial charge in [-0.15, -0.1) is 0 Å². The lowest BCUT2D eigenvalue weighted by Crippen LogP contribution is -2.38. The Morgan fingerprint density at radius 3 is 2.71 bits per heavy atom. The summed E-state index contributed by atoms with van der Waals surface area (Å²) in [6.45, 7) is 0.662. The van der Waals surface area contributed by atoms with E-state index in [0.29, 0.717) is 12.6 Å². The van der Waals surface area contributed by atoms with Gasteiger partial charge in [0, 0.05) is 19.6 Å². The van der Waals surface area contributed by atoms with Crippen LogP contribution in [0.4, 0.5) is 5.69 Å². The number of hydrogen-bond acceptors (Lipinski definition) is 4. The Balaban J connectivity index is 2.81. The topological polar surface area (TPSA) is 38.5 Å². The second kappa shape index (κ2) is 7.45. The minimum absolute atomic E-state index is 0.360. The monoisotopic (exact) mass is 254 g/mol. The van der Waals surface area contributed by atoms with Gasteiger partial charge in [0.2, 0.25) is 0 Å². The van der Waals surface area contributed by atoms with Crippen molar-refractivity contribution in [3.05, 3.63) is 24.3 Å². The molecule has 0 saturated carbocycles. The number of nitrogens with two attached hydrogens (primary N) is 1. The van der Waals surface area contributed by atoms with E-state index in [1.165, 1.54) is 0 Å². The van der Waals surface area contributed by atoms with Crippen LogP contribution in [0.1, 0.15) is 6.42 Å². The summed E-state index contributed by atoms with van der Waals surface area (Å²) in [5.41, 5.74) is 6.95. The van der Waals surface area contributed by atoms with Gasteiger partial charge in [0.15, 0.2) is 0 Å². The largest absolute Gasteiger partial charge is 0.495 e. The molecule has 17 heavy (non-hydrogen) atoms. The lowest BCUT2D eigenvalue weighted by molar-refractivity contribution is 0.413. The molecule has 0 saturated heterocycles. The van der Waals surface area contributed by atoms with Crippen molar-refractivity contribution in [2.24, 2.45) is 5.73 Å². The summed E-state index contributed by atoms with van der Waals surface area (Å²) >= 11 is 1.85. The van der Waals surface area contributed by atoms with E-state index < -0.39 is 0 Å². The predicted octanol–water partition coefficient (Wildman–Crippen LogP) is 2.21. The van der Waals surface area contributed by atoms with Gasteiger partial charge in [0.05, 0.1) is 12.8 Å². The van der Waals surface area contributed by atoms with E-state index in [0.717, 1.165) is 23.6 Å². The molecule has 0 aliphatic carbocycles. The van der Waals surface area contributed by atoms with Crippen LogP contribution in [0.3, 0.4) is 0 Å². The summed E-state index contributed by atoms with van der Waals surface area (Å²) in [5, 5.41) is 0. The molecule has 0 amide bonds. The fraction of sp³-hybridized carbons (Fsp3) is 0.538. The number of para-hydroxylation sites is 2. The molecule has 3 nitrogen and oxygen atoms in total. The second-order valence-corrected chi connectivity index (χ2v) is 4.94. The Morgan fingerprint density at radius 2 is 2.12 bits per heavy atom. The average molecular weight is 254 g/mol.